The molecular weight excluding hydrogens is 232 g/mol. The normalized spacial score (nSPS) is 32.7. The summed E-state index contributed by atoms with van der Waals surface area (Å²) in [6.45, 7) is 15.8. The minimum absolute atomic E-state index is 0.301. The third-order valence-electron chi connectivity index (χ3n) is 5.01. The van der Waals surface area contributed by atoms with E-state index in [1.54, 1.807) is 0 Å². The summed E-state index contributed by atoms with van der Waals surface area (Å²) in [6, 6.07) is 1.37. The van der Waals surface area contributed by atoms with Crippen LogP contribution in [0.4, 0.5) is 0 Å². The zero-order valence-corrected chi connectivity index (χ0v) is 13.8. The van der Waals surface area contributed by atoms with Crippen molar-refractivity contribution >= 4 is 0 Å². The zero-order chi connectivity index (χ0) is 14.0. The molecule has 19 heavy (non-hydrogen) atoms. The lowest BCUT2D eigenvalue weighted by atomic mass is 9.88. The molecule has 0 radical (unpaired) electrons. The molecule has 0 aromatic heterocycles. The van der Waals surface area contributed by atoms with Crippen molar-refractivity contribution in [1.82, 2.24) is 9.80 Å². The highest BCUT2D eigenvalue weighted by molar-refractivity contribution is 4.92. The quantitative estimate of drug-likeness (QED) is 0.751. The van der Waals surface area contributed by atoms with E-state index in [2.05, 4.69) is 44.4 Å². The Hall–Kier alpha value is -0.0800. The Morgan fingerprint density at radius 3 is 1.89 bits per heavy atom. The second-order valence-corrected chi connectivity index (χ2v) is 8.00. The molecule has 2 nitrogen and oxygen atoms in total. The Morgan fingerprint density at radius 1 is 0.895 bits per heavy atom. The van der Waals surface area contributed by atoms with E-state index in [4.69, 9.17) is 0 Å². The maximum atomic E-state index is 2.74. The Kier molecular flexibility index (Phi) is 4.94. The molecule has 1 aliphatic heterocycles. The molecule has 0 aromatic carbocycles. The molecular formula is C17H34N2. The number of piperazine rings is 1. The Balaban J connectivity index is 1.89. The lowest BCUT2D eigenvalue weighted by molar-refractivity contribution is -0.0278. The lowest BCUT2D eigenvalue weighted by Crippen LogP contribution is -2.62. The van der Waals surface area contributed by atoms with Gasteiger partial charge in [-0.25, -0.2) is 0 Å². The third-order valence-corrected chi connectivity index (χ3v) is 5.01. The van der Waals surface area contributed by atoms with Gasteiger partial charge in [0.15, 0.2) is 0 Å². The van der Waals surface area contributed by atoms with E-state index in [1.807, 2.05) is 0 Å². The van der Waals surface area contributed by atoms with Gasteiger partial charge in [-0.15, -0.1) is 0 Å². The predicted molar refractivity (Wildman–Crippen MR) is 83.5 cm³/mol. The second kappa shape index (κ2) is 6.13. The van der Waals surface area contributed by atoms with Gasteiger partial charge >= 0.3 is 0 Å². The number of rotatable bonds is 2. The first-order chi connectivity index (χ1) is 8.88. The Labute approximate surface area is 120 Å². The maximum absolute atomic E-state index is 2.74. The largest absolute Gasteiger partial charge is 0.300 e. The smallest absolute Gasteiger partial charge is 0.0203 e. The topological polar surface area (TPSA) is 6.48 Å². The molecule has 2 unspecified atom stereocenters. The first-order valence-electron chi connectivity index (χ1n) is 8.38. The van der Waals surface area contributed by atoms with Crippen molar-refractivity contribution in [2.75, 3.05) is 19.6 Å². The first-order valence-corrected chi connectivity index (χ1v) is 8.38. The van der Waals surface area contributed by atoms with Gasteiger partial charge in [-0.3, -0.25) is 9.80 Å². The van der Waals surface area contributed by atoms with Gasteiger partial charge < -0.3 is 0 Å². The third kappa shape index (κ3) is 3.95. The molecule has 0 bridgehead atoms. The summed E-state index contributed by atoms with van der Waals surface area (Å²) in [5, 5.41) is 0. The van der Waals surface area contributed by atoms with Crippen LogP contribution in [0, 0.1) is 5.92 Å². The van der Waals surface area contributed by atoms with Gasteiger partial charge in [0.05, 0.1) is 0 Å². The Bertz CT molecular complexity index is 263. The van der Waals surface area contributed by atoms with E-state index < -0.39 is 0 Å². The van der Waals surface area contributed by atoms with Crippen LogP contribution in [0.5, 0.6) is 0 Å². The van der Waals surface area contributed by atoms with Crippen LogP contribution in [0.3, 0.4) is 0 Å². The van der Waals surface area contributed by atoms with E-state index in [1.165, 1.54) is 51.7 Å². The molecule has 2 rings (SSSR count). The number of hydrogen-bond acceptors (Lipinski definition) is 2. The van der Waals surface area contributed by atoms with Crippen LogP contribution in [-0.2, 0) is 0 Å². The standard InChI is InChI=1S/C17H34N2/c1-14-11-18(13-16-9-7-6-8-10-16)12-15(2)19(14)17(3,4)5/h14-16H,6-13H2,1-5H3. The first kappa shape index (κ1) is 15.3. The van der Waals surface area contributed by atoms with E-state index in [9.17, 15) is 0 Å². The molecule has 2 fully saturated rings. The monoisotopic (exact) mass is 266 g/mol. The molecule has 1 aliphatic carbocycles. The van der Waals surface area contributed by atoms with E-state index in [-0.39, 0.29) is 0 Å². The fraction of sp³-hybridized carbons (Fsp3) is 1.00. The predicted octanol–water partition coefficient (Wildman–Crippen LogP) is 3.76. The van der Waals surface area contributed by atoms with Crippen molar-refractivity contribution < 1.29 is 0 Å². The van der Waals surface area contributed by atoms with Crippen molar-refractivity contribution in [2.45, 2.75) is 84.3 Å². The summed E-state index contributed by atoms with van der Waals surface area (Å²) < 4.78 is 0. The van der Waals surface area contributed by atoms with Crippen molar-refractivity contribution in [3.63, 3.8) is 0 Å². The molecule has 1 saturated heterocycles. The van der Waals surface area contributed by atoms with Gasteiger partial charge in [0.2, 0.25) is 0 Å². The van der Waals surface area contributed by atoms with Crippen molar-refractivity contribution in [3.05, 3.63) is 0 Å². The molecule has 0 aromatic rings. The van der Waals surface area contributed by atoms with E-state index in [0.29, 0.717) is 17.6 Å². The average molecular weight is 266 g/mol. The molecule has 2 aliphatic rings. The summed E-state index contributed by atoms with van der Waals surface area (Å²) >= 11 is 0. The highest BCUT2D eigenvalue weighted by Gasteiger charge is 2.36. The van der Waals surface area contributed by atoms with Gasteiger partial charge in [-0.1, -0.05) is 19.3 Å². The number of nitrogens with zero attached hydrogens (tertiary/aromatic N) is 2. The van der Waals surface area contributed by atoms with Crippen LogP contribution in [0.15, 0.2) is 0 Å². The summed E-state index contributed by atoms with van der Waals surface area (Å²) in [4.78, 5) is 5.46. The Morgan fingerprint density at radius 2 is 1.42 bits per heavy atom. The van der Waals surface area contributed by atoms with Gasteiger partial charge in [0.25, 0.3) is 0 Å². The summed E-state index contributed by atoms with van der Waals surface area (Å²) in [5.41, 5.74) is 0.301. The van der Waals surface area contributed by atoms with Crippen LogP contribution in [-0.4, -0.2) is 47.1 Å². The maximum Gasteiger partial charge on any atom is 0.0203 e. The molecule has 0 N–H and O–H groups in total. The summed E-state index contributed by atoms with van der Waals surface area (Å²) in [7, 11) is 0. The lowest BCUT2D eigenvalue weighted by Gasteiger charge is -2.51. The van der Waals surface area contributed by atoms with Crippen LogP contribution in [0.25, 0.3) is 0 Å². The highest BCUT2D eigenvalue weighted by atomic mass is 15.3. The van der Waals surface area contributed by atoms with E-state index in [0.717, 1.165) is 5.92 Å². The van der Waals surface area contributed by atoms with Crippen molar-refractivity contribution in [3.8, 4) is 0 Å². The van der Waals surface area contributed by atoms with E-state index >= 15 is 0 Å². The average Bonchev–Trinajstić information content (AvgIpc) is 2.27. The van der Waals surface area contributed by atoms with Crippen molar-refractivity contribution in [2.24, 2.45) is 5.92 Å². The number of hydrogen-bond donors (Lipinski definition) is 0. The van der Waals surface area contributed by atoms with Gasteiger partial charge in [0, 0.05) is 37.3 Å². The van der Waals surface area contributed by atoms with Crippen LogP contribution < -0.4 is 0 Å². The molecule has 1 saturated carbocycles. The van der Waals surface area contributed by atoms with Gasteiger partial charge in [-0.05, 0) is 53.4 Å². The highest BCUT2D eigenvalue weighted by Crippen LogP contribution is 2.28. The molecule has 1 heterocycles. The molecule has 112 valence electrons. The van der Waals surface area contributed by atoms with Gasteiger partial charge in [-0.2, -0.15) is 0 Å². The molecule has 2 heteroatoms. The molecule has 0 amide bonds. The minimum atomic E-state index is 0.301. The summed E-state index contributed by atoms with van der Waals surface area (Å²) in [6.07, 6.45) is 7.36. The molecule has 2 atom stereocenters. The van der Waals surface area contributed by atoms with Crippen LogP contribution in [0.1, 0.15) is 66.7 Å². The minimum Gasteiger partial charge on any atom is -0.300 e. The van der Waals surface area contributed by atoms with Crippen LogP contribution in [0.2, 0.25) is 0 Å². The SMILES string of the molecule is CC1CN(CC2CCCCC2)CC(C)N1C(C)(C)C. The fourth-order valence-corrected chi connectivity index (χ4v) is 4.64. The molecule has 0 spiro atoms. The fourth-order valence-electron chi connectivity index (χ4n) is 4.64. The van der Waals surface area contributed by atoms with Crippen molar-refractivity contribution in [1.29, 1.82) is 0 Å². The second-order valence-electron chi connectivity index (χ2n) is 8.00. The van der Waals surface area contributed by atoms with Crippen LogP contribution >= 0.6 is 0 Å². The summed E-state index contributed by atoms with van der Waals surface area (Å²) in [5.74, 6) is 0.981. The zero-order valence-electron chi connectivity index (χ0n) is 13.8. The van der Waals surface area contributed by atoms with Gasteiger partial charge in [0.1, 0.15) is 0 Å².